The predicted octanol–water partition coefficient (Wildman–Crippen LogP) is 2.27. The first-order chi connectivity index (χ1) is 8.66. The van der Waals surface area contributed by atoms with Crippen molar-refractivity contribution in [2.45, 2.75) is 20.1 Å². The lowest BCUT2D eigenvalue weighted by Gasteiger charge is -2.06. The molecule has 2 aromatic rings. The molecule has 0 aliphatic heterocycles. The topological polar surface area (TPSA) is 65.2 Å². The fourth-order valence-corrected chi connectivity index (χ4v) is 2.22. The molecule has 1 heterocycles. The van der Waals surface area contributed by atoms with Crippen LogP contribution in [0.2, 0.25) is 0 Å². The molecular weight excluding hydrogens is 248 g/mol. The molecule has 18 heavy (non-hydrogen) atoms. The van der Waals surface area contributed by atoms with Crippen LogP contribution in [0.15, 0.2) is 29.1 Å². The Morgan fingerprint density at radius 1 is 1.44 bits per heavy atom. The summed E-state index contributed by atoms with van der Waals surface area (Å²) in [6, 6.07) is 5.51. The van der Waals surface area contributed by atoms with E-state index in [1.54, 1.807) is 22.9 Å². The monoisotopic (exact) mass is 262 g/mol. The fourth-order valence-electron chi connectivity index (χ4n) is 1.67. The number of carbonyl (C=O) groups excluding carboxylic acids is 1. The van der Waals surface area contributed by atoms with Crippen molar-refractivity contribution in [2.24, 2.45) is 5.73 Å². The summed E-state index contributed by atoms with van der Waals surface area (Å²) in [7, 11) is 0. The molecule has 0 aliphatic carbocycles. The van der Waals surface area contributed by atoms with Crippen LogP contribution in [0.3, 0.4) is 0 Å². The Morgan fingerprint density at radius 2 is 2.28 bits per heavy atom. The van der Waals surface area contributed by atoms with Crippen molar-refractivity contribution in [3.05, 3.63) is 51.5 Å². The summed E-state index contributed by atoms with van der Waals surface area (Å²) < 4.78 is 5.55. The molecule has 0 bridgehead atoms. The number of benzene rings is 1. The van der Waals surface area contributed by atoms with Crippen LogP contribution in [0.5, 0.6) is 0 Å². The van der Waals surface area contributed by atoms with Gasteiger partial charge in [-0.15, -0.1) is 11.3 Å². The van der Waals surface area contributed by atoms with Crippen molar-refractivity contribution in [3.63, 3.8) is 0 Å². The summed E-state index contributed by atoms with van der Waals surface area (Å²) in [5.74, 6) is -0.401. The van der Waals surface area contributed by atoms with Crippen molar-refractivity contribution < 1.29 is 9.53 Å². The molecule has 4 nitrogen and oxygen atoms in total. The molecule has 0 saturated heterocycles. The molecule has 2 N–H and O–H groups in total. The molecule has 0 aliphatic rings. The van der Waals surface area contributed by atoms with Crippen LogP contribution in [0.4, 0.5) is 0 Å². The summed E-state index contributed by atoms with van der Waals surface area (Å²) in [5, 5.41) is 1.96. The van der Waals surface area contributed by atoms with Gasteiger partial charge >= 0.3 is 0 Å². The quantitative estimate of drug-likeness (QED) is 0.899. The maximum absolute atomic E-state index is 11.1. The summed E-state index contributed by atoms with van der Waals surface area (Å²) >= 11 is 1.55. The van der Waals surface area contributed by atoms with E-state index >= 15 is 0 Å². The summed E-state index contributed by atoms with van der Waals surface area (Å²) in [4.78, 5) is 15.2. The van der Waals surface area contributed by atoms with E-state index in [9.17, 15) is 4.79 Å². The Morgan fingerprint density at radius 3 is 2.89 bits per heavy atom. The Bertz CT molecular complexity index is 538. The summed E-state index contributed by atoms with van der Waals surface area (Å²) in [5.41, 5.74) is 10.4. The lowest BCUT2D eigenvalue weighted by Crippen LogP contribution is -2.12. The maximum Gasteiger partial charge on any atom is 0.248 e. The number of nitrogens with two attached hydrogens (primary N) is 1. The number of hydrogen-bond donors (Lipinski definition) is 1. The third-order valence-electron chi connectivity index (χ3n) is 2.56. The number of hydrogen-bond acceptors (Lipinski definition) is 4. The second-order valence-corrected chi connectivity index (χ2v) is 4.70. The van der Waals surface area contributed by atoms with Crippen molar-refractivity contribution >= 4 is 17.2 Å². The lowest BCUT2D eigenvalue weighted by atomic mass is 10.1. The van der Waals surface area contributed by atoms with Crippen molar-refractivity contribution in [2.75, 3.05) is 0 Å². The van der Waals surface area contributed by atoms with Crippen LogP contribution in [-0.2, 0) is 18.0 Å². The van der Waals surface area contributed by atoms with Gasteiger partial charge in [-0.25, -0.2) is 4.98 Å². The number of nitrogens with zero attached hydrogens (tertiary/aromatic N) is 1. The van der Waals surface area contributed by atoms with E-state index in [-0.39, 0.29) is 0 Å². The lowest BCUT2D eigenvalue weighted by molar-refractivity contribution is 0.0997. The molecule has 0 radical (unpaired) electrons. The van der Waals surface area contributed by atoms with Gasteiger partial charge in [0.1, 0.15) is 0 Å². The van der Waals surface area contributed by atoms with E-state index in [1.807, 2.05) is 24.4 Å². The number of carbonyl (C=O) groups is 1. The summed E-state index contributed by atoms with van der Waals surface area (Å²) in [6.45, 7) is 2.86. The minimum Gasteiger partial charge on any atom is -0.370 e. The van der Waals surface area contributed by atoms with Gasteiger partial charge in [-0.05, 0) is 24.1 Å². The zero-order chi connectivity index (χ0) is 13.0. The molecule has 0 unspecified atom stereocenters. The Balaban J connectivity index is 1.94. The van der Waals surface area contributed by atoms with E-state index in [1.165, 1.54) is 0 Å². The number of aryl methyl sites for hydroxylation is 1. The Hall–Kier alpha value is -1.72. The Kier molecular flexibility index (Phi) is 4.07. The highest BCUT2D eigenvalue weighted by Crippen LogP contribution is 2.12. The van der Waals surface area contributed by atoms with Gasteiger partial charge in [-0.3, -0.25) is 4.79 Å². The van der Waals surface area contributed by atoms with E-state index < -0.39 is 5.91 Å². The maximum atomic E-state index is 11.1. The second-order valence-electron chi connectivity index (χ2n) is 3.99. The van der Waals surface area contributed by atoms with Gasteiger partial charge in [0.15, 0.2) is 0 Å². The average Bonchev–Trinajstić information content (AvgIpc) is 2.81. The minimum atomic E-state index is -0.401. The van der Waals surface area contributed by atoms with Crippen LogP contribution < -0.4 is 5.73 Å². The molecular formula is C13H14N2O2S. The first-order valence-corrected chi connectivity index (χ1v) is 6.45. The van der Waals surface area contributed by atoms with Gasteiger partial charge in [0, 0.05) is 10.9 Å². The number of amides is 1. The molecule has 2 rings (SSSR count). The highest BCUT2D eigenvalue weighted by atomic mass is 32.1. The van der Waals surface area contributed by atoms with Crippen LogP contribution in [0, 0.1) is 6.92 Å². The SMILES string of the molecule is Cc1cc(COCc2cscn2)ccc1C(N)=O. The van der Waals surface area contributed by atoms with E-state index in [2.05, 4.69) is 4.98 Å². The minimum absolute atomic E-state index is 0.401. The number of aromatic nitrogens is 1. The predicted molar refractivity (Wildman–Crippen MR) is 70.3 cm³/mol. The number of rotatable bonds is 5. The van der Waals surface area contributed by atoms with E-state index in [4.69, 9.17) is 10.5 Å². The van der Waals surface area contributed by atoms with E-state index in [0.717, 1.165) is 16.8 Å². The van der Waals surface area contributed by atoms with Crippen LogP contribution in [-0.4, -0.2) is 10.9 Å². The molecule has 1 aromatic carbocycles. The molecule has 0 spiro atoms. The molecule has 0 atom stereocenters. The molecule has 1 amide bonds. The first kappa shape index (κ1) is 12.7. The Labute approximate surface area is 109 Å². The zero-order valence-electron chi connectivity index (χ0n) is 10.1. The van der Waals surface area contributed by atoms with Crippen molar-refractivity contribution in [1.29, 1.82) is 0 Å². The van der Waals surface area contributed by atoms with E-state index in [0.29, 0.717) is 18.8 Å². The number of ether oxygens (including phenoxy) is 1. The van der Waals surface area contributed by atoms with Crippen molar-refractivity contribution in [1.82, 2.24) is 4.98 Å². The van der Waals surface area contributed by atoms with Gasteiger partial charge in [-0.2, -0.15) is 0 Å². The van der Waals surface area contributed by atoms with Gasteiger partial charge < -0.3 is 10.5 Å². The number of thiazole rings is 1. The number of primary amides is 1. The van der Waals surface area contributed by atoms with Gasteiger partial charge in [-0.1, -0.05) is 12.1 Å². The van der Waals surface area contributed by atoms with Crippen LogP contribution in [0.25, 0.3) is 0 Å². The third kappa shape index (κ3) is 3.15. The highest BCUT2D eigenvalue weighted by molar-refractivity contribution is 7.07. The zero-order valence-corrected chi connectivity index (χ0v) is 10.9. The van der Waals surface area contributed by atoms with Crippen LogP contribution >= 0.6 is 11.3 Å². The third-order valence-corrected chi connectivity index (χ3v) is 3.19. The normalized spacial score (nSPS) is 10.5. The molecule has 0 saturated carbocycles. The van der Waals surface area contributed by atoms with Gasteiger partial charge in [0.2, 0.25) is 5.91 Å². The largest absolute Gasteiger partial charge is 0.370 e. The average molecular weight is 262 g/mol. The standard InChI is InChI=1S/C13H14N2O2S/c1-9-4-10(2-3-12(9)13(14)16)5-17-6-11-7-18-8-15-11/h2-4,7-8H,5-6H2,1H3,(H2,14,16). The van der Waals surface area contributed by atoms with Gasteiger partial charge in [0.05, 0.1) is 24.4 Å². The smallest absolute Gasteiger partial charge is 0.248 e. The first-order valence-electron chi connectivity index (χ1n) is 5.51. The fraction of sp³-hybridized carbons (Fsp3) is 0.231. The van der Waals surface area contributed by atoms with Gasteiger partial charge in [0.25, 0.3) is 0 Å². The highest BCUT2D eigenvalue weighted by Gasteiger charge is 2.05. The summed E-state index contributed by atoms with van der Waals surface area (Å²) in [6.07, 6.45) is 0. The molecule has 94 valence electrons. The molecule has 0 fully saturated rings. The van der Waals surface area contributed by atoms with Crippen LogP contribution in [0.1, 0.15) is 27.2 Å². The van der Waals surface area contributed by atoms with Crippen molar-refractivity contribution in [3.8, 4) is 0 Å². The molecule has 5 heteroatoms. The molecule has 1 aromatic heterocycles. The second kappa shape index (κ2) is 5.75.